The summed E-state index contributed by atoms with van der Waals surface area (Å²) in [5.74, 6) is -3.24. The molecule has 1 aromatic rings. The van der Waals surface area contributed by atoms with E-state index in [1.165, 1.54) is 7.05 Å². The molecular weight excluding hydrogens is 205 g/mol. The van der Waals surface area contributed by atoms with Crippen molar-refractivity contribution in [3.63, 3.8) is 0 Å². The lowest BCUT2D eigenvalue weighted by Gasteiger charge is -2.11. The first-order chi connectivity index (χ1) is 6.38. The number of alkyl halides is 3. The maximum Gasteiger partial charge on any atom is 0.422 e. The minimum Gasteiger partial charge on any atom is -0.386 e. The van der Waals surface area contributed by atoms with E-state index in [9.17, 15) is 22.0 Å². The lowest BCUT2D eigenvalue weighted by molar-refractivity contribution is -0.142. The van der Waals surface area contributed by atoms with Crippen molar-refractivity contribution >= 4 is 5.69 Å². The average Bonchev–Trinajstić information content (AvgIpc) is 2.02. The quantitative estimate of drug-likeness (QED) is 0.704. The van der Waals surface area contributed by atoms with Crippen LogP contribution in [0.15, 0.2) is 12.1 Å². The second kappa shape index (κ2) is 3.43. The van der Waals surface area contributed by atoms with Gasteiger partial charge in [-0.25, -0.2) is 8.78 Å². The summed E-state index contributed by atoms with van der Waals surface area (Å²) in [4.78, 5) is 0. The molecule has 0 saturated heterocycles. The second-order valence-electron chi connectivity index (χ2n) is 2.53. The molecule has 1 rings (SSSR count). The standard InChI is InChI=1S/C8H6F5N/c1-14-5-3-2-4(9)6(7(5)10)8(11,12)13/h2-3,14H,1H3. The molecule has 0 bridgehead atoms. The van der Waals surface area contributed by atoms with Crippen molar-refractivity contribution in [1.29, 1.82) is 0 Å². The molecule has 0 radical (unpaired) electrons. The normalized spacial score (nSPS) is 11.6. The molecule has 6 heteroatoms. The van der Waals surface area contributed by atoms with Crippen LogP contribution < -0.4 is 5.32 Å². The third kappa shape index (κ3) is 1.78. The summed E-state index contributed by atoms with van der Waals surface area (Å²) < 4.78 is 62.0. The third-order valence-electron chi connectivity index (χ3n) is 1.64. The van der Waals surface area contributed by atoms with Crippen molar-refractivity contribution in [2.75, 3.05) is 12.4 Å². The van der Waals surface area contributed by atoms with Gasteiger partial charge in [-0.05, 0) is 12.1 Å². The minimum atomic E-state index is -5.03. The Balaban J connectivity index is 3.40. The van der Waals surface area contributed by atoms with Gasteiger partial charge in [-0.2, -0.15) is 13.2 Å². The molecule has 0 amide bonds. The van der Waals surface area contributed by atoms with Gasteiger partial charge in [0.05, 0.1) is 5.69 Å². The van der Waals surface area contributed by atoms with Crippen LogP contribution in [0.2, 0.25) is 0 Å². The maximum absolute atomic E-state index is 13.0. The second-order valence-corrected chi connectivity index (χ2v) is 2.53. The van der Waals surface area contributed by atoms with Crippen LogP contribution in [0.4, 0.5) is 27.6 Å². The number of nitrogens with one attached hydrogen (secondary N) is 1. The number of rotatable bonds is 1. The highest BCUT2D eigenvalue weighted by Crippen LogP contribution is 2.35. The summed E-state index contributed by atoms with van der Waals surface area (Å²) in [6.45, 7) is 0. The molecular formula is C8H6F5N. The van der Waals surface area contributed by atoms with Gasteiger partial charge in [0, 0.05) is 7.05 Å². The predicted octanol–water partition coefficient (Wildman–Crippen LogP) is 3.03. The predicted molar refractivity (Wildman–Crippen MR) is 40.9 cm³/mol. The van der Waals surface area contributed by atoms with E-state index in [1.807, 2.05) is 0 Å². The van der Waals surface area contributed by atoms with Crippen molar-refractivity contribution in [1.82, 2.24) is 0 Å². The van der Waals surface area contributed by atoms with E-state index < -0.39 is 29.1 Å². The molecule has 1 nitrogen and oxygen atoms in total. The number of halogens is 5. The number of hydrogen-bond acceptors (Lipinski definition) is 1. The van der Waals surface area contributed by atoms with Crippen LogP contribution in [0.1, 0.15) is 5.56 Å². The van der Waals surface area contributed by atoms with Gasteiger partial charge in [-0.15, -0.1) is 0 Å². The van der Waals surface area contributed by atoms with Crippen LogP contribution in [-0.2, 0) is 6.18 Å². The minimum absolute atomic E-state index is 0.390. The fourth-order valence-corrected chi connectivity index (χ4v) is 1.01. The first kappa shape index (κ1) is 10.7. The number of benzene rings is 1. The molecule has 0 aliphatic rings. The Labute approximate surface area is 76.5 Å². The molecule has 1 aromatic carbocycles. The Hall–Kier alpha value is -1.33. The SMILES string of the molecule is CNc1ccc(F)c(C(F)(F)F)c1F. The summed E-state index contributed by atoms with van der Waals surface area (Å²) in [6.07, 6.45) is -5.03. The van der Waals surface area contributed by atoms with Crippen LogP contribution >= 0.6 is 0 Å². The third-order valence-corrected chi connectivity index (χ3v) is 1.64. The zero-order valence-corrected chi connectivity index (χ0v) is 7.04. The van der Waals surface area contributed by atoms with Gasteiger partial charge in [0.1, 0.15) is 11.4 Å². The van der Waals surface area contributed by atoms with Crippen LogP contribution in [0.5, 0.6) is 0 Å². The Morgan fingerprint density at radius 2 is 1.71 bits per heavy atom. The molecule has 14 heavy (non-hydrogen) atoms. The highest BCUT2D eigenvalue weighted by molar-refractivity contribution is 5.48. The fourth-order valence-electron chi connectivity index (χ4n) is 1.01. The molecule has 0 aliphatic carbocycles. The van der Waals surface area contributed by atoms with Crippen molar-refractivity contribution in [3.05, 3.63) is 29.3 Å². The smallest absolute Gasteiger partial charge is 0.386 e. The Bertz CT molecular complexity index is 344. The molecule has 0 aliphatic heterocycles. The van der Waals surface area contributed by atoms with Gasteiger partial charge in [0.15, 0.2) is 5.82 Å². The monoisotopic (exact) mass is 211 g/mol. The number of hydrogen-bond donors (Lipinski definition) is 1. The van der Waals surface area contributed by atoms with Crippen molar-refractivity contribution in [3.8, 4) is 0 Å². The van der Waals surface area contributed by atoms with Gasteiger partial charge < -0.3 is 5.32 Å². The van der Waals surface area contributed by atoms with Crippen molar-refractivity contribution in [2.45, 2.75) is 6.18 Å². The molecule has 1 N–H and O–H groups in total. The molecule has 78 valence electrons. The van der Waals surface area contributed by atoms with Crippen LogP contribution in [0, 0.1) is 11.6 Å². The van der Waals surface area contributed by atoms with Gasteiger partial charge in [0.25, 0.3) is 0 Å². The fraction of sp³-hybridized carbons (Fsp3) is 0.250. The van der Waals surface area contributed by atoms with E-state index in [4.69, 9.17) is 0 Å². The number of anilines is 1. The van der Waals surface area contributed by atoms with Crippen LogP contribution in [-0.4, -0.2) is 7.05 Å². The van der Waals surface area contributed by atoms with E-state index >= 15 is 0 Å². The van der Waals surface area contributed by atoms with Gasteiger partial charge >= 0.3 is 6.18 Å². The summed E-state index contributed by atoms with van der Waals surface area (Å²) in [5, 5.41) is 2.19. The van der Waals surface area contributed by atoms with Crippen molar-refractivity contribution in [2.24, 2.45) is 0 Å². The van der Waals surface area contributed by atoms with Crippen molar-refractivity contribution < 1.29 is 22.0 Å². The molecule has 0 aromatic heterocycles. The van der Waals surface area contributed by atoms with E-state index in [1.54, 1.807) is 0 Å². The van der Waals surface area contributed by atoms with Crippen LogP contribution in [0.25, 0.3) is 0 Å². The Morgan fingerprint density at radius 1 is 1.14 bits per heavy atom. The van der Waals surface area contributed by atoms with E-state index in [0.29, 0.717) is 6.07 Å². The first-order valence-electron chi connectivity index (χ1n) is 3.61. The molecule has 0 saturated carbocycles. The average molecular weight is 211 g/mol. The topological polar surface area (TPSA) is 12.0 Å². The van der Waals surface area contributed by atoms with E-state index in [2.05, 4.69) is 5.32 Å². The summed E-state index contributed by atoms with van der Waals surface area (Å²) in [5.41, 5.74) is -2.26. The molecule has 0 spiro atoms. The summed E-state index contributed by atoms with van der Waals surface area (Å²) in [6, 6.07) is 1.47. The molecule has 0 unspecified atom stereocenters. The van der Waals surface area contributed by atoms with Gasteiger partial charge in [-0.1, -0.05) is 0 Å². The highest BCUT2D eigenvalue weighted by Gasteiger charge is 2.38. The first-order valence-corrected chi connectivity index (χ1v) is 3.61. The Kier molecular flexibility index (Phi) is 2.64. The Morgan fingerprint density at radius 3 is 2.14 bits per heavy atom. The molecule has 0 atom stereocenters. The highest BCUT2D eigenvalue weighted by atomic mass is 19.4. The zero-order valence-electron chi connectivity index (χ0n) is 7.04. The molecule has 0 fully saturated rings. The maximum atomic E-state index is 13.0. The lowest BCUT2D eigenvalue weighted by Crippen LogP contribution is -2.12. The summed E-state index contributed by atoms with van der Waals surface area (Å²) in [7, 11) is 1.25. The van der Waals surface area contributed by atoms with E-state index in [0.717, 1.165) is 6.07 Å². The van der Waals surface area contributed by atoms with E-state index in [-0.39, 0.29) is 0 Å². The van der Waals surface area contributed by atoms with Gasteiger partial charge in [-0.3, -0.25) is 0 Å². The van der Waals surface area contributed by atoms with Crippen LogP contribution in [0.3, 0.4) is 0 Å². The largest absolute Gasteiger partial charge is 0.422 e. The zero-order chi connectivity index (χ0) is 10.9. The summed E-state index contributed by atoms with van der Waals surface area (Å²) >= 11 is 0. The lowest BCUT2D eigenvalue weighted by atomic mass is 10.1. The molecule has 0 heterocycles. The van der Waals surface area contributed by atoms with Gasteiger partial charge in [0.2, 0.25) is 0 Å².